The van der Waals surface area contributed by atoms with Crippen LogP contribution < -0.4 is 15.1 Å². The Morgan fingerprint density at radius 2 is 1.59 bits per heavy atom. The Morgan fingerprint density at radius 3 is 2.33 bits per heavy atom. The molecule has 7 heteroatoms. The van der Waals surface area contributed by atoms with Crippen LogP contribution in [0.3, 0.4) is 0 Å². The number of hydrogen-bond donors (Lipinski definition) is 1. The van der Waals surface area contributed by atoms with E-state index in [4.69, 9.17) is 0 Å². The Balaban J connectivity index is 1.47. The topological polar surface area (TPSA) is 70.1 Å². The second-order valence-corrected chi connectivity index (χ2v) is 6.68. The summed E-state index contributed by atoms with van der Waals surface area (Å²) in [4.78, 5) is 22.4. The van der Waals surface area contributed by atoms with Crippen molar-refractivity contribution in [1.82, 2.24) is 19.9 Å². The number of aryl methyl sites for hydroxylation is 2. The molecule has 1 N–H and O–H groups in total. The minimum Gasteiger partial charge on any atom is -0.353 e. The first-order chi connectivity index (χ1) is 13.2. The van der Waals surface area contributed by atoms with Gasteiger partial charge in [-0.3, -0.25) is 0 Å². The molecule has 0 bridgehead atoms. The van der Waals surface area contributed by atoms with Gasteiger partial charge in [-0.1, -0.05) is 12.1 Å². The number of nitrogens with zero attached hydrogens (tertiary/aromatic N) is 6. The summed E-state index contributed by atoms with van der Waals surface area (Å²) < 4.78 is 0. The van der Waals surface area contributed by atoms with Crippen LogP contribution in [0.15, 0.2) is 48.8 Å². The van der Waals surface area contributed by atoms with Crippen molar-refractivity contribution in [3.8, 4) is 0 Å². The van der Waals surface area contributed by atoms with E-state index >= 15 is 0 Å². The average molecular weight is 361 g/mol. The van der Waals surface area contributed by atoms with Gasteiger partial charge in [0.15, 0.2) is 0 Å². The van der Waals surface area contributed by atoms with E-state index in [0.717, 1.165) is 55.3 Å². The summed E-state index contributed by atoms with van der Waals surface area (Å²) in [6, 6.07) is 12.1. The van der Waals surface area contributed by atoms with Gasteiger partial charge in [0.05, 0.1) is 0 Å². The molecule has 0 saturated carbocycles. The Morgan fingerprint density at radius 1 is 0.852 bits per heavy atom. The fourth-order valence-electron chi connectivity index (χ4n) is 3.24. The van der Waals surface area contributed by atoms with Gasteiger partial charge in [-0.2, -0.15) is 0 Å². The molecule has 0 radical (unpaired) electrons. The molecule has 3 aromatic rings. The zero-order valence-electron chi connectivity index (χ0n) is 15.6. The van der Waals surface area contributed by atoms with E-state index in [1.807, 2.05) is 31.2 Å². The summed E-state index contributed by atoms with van der Waals surface area (Å²) in [5.41, 5.74) is 2.25. The minimum atomic E-state index is 0.761. The van der Waals surface area contributed by atoms with E-state index in [9.17, 15) is 0 Å². The molecule has 27 heavy (non-hydrogen) atoms. The lowest BCUT2D eigenvalue weighted by Gasteiger charge is -2.35. The highest BCUT2D eigenvalue weighted by Gasteiger charge is 2.20. The first kappa shape index (κ1) is 17.2. The van der Waals surface area contributed by atoms with Crippen LogP contribution in [0.5, 0.6) is 0 Å². The molecule has 2 aromatic heterocycles. The van der Waals surface area contributed by atoms with Gasteiger partial charge in [-0.25, -0.2) is 19.9 Å². The van der Waals surface area contributed by atoms with E-state index in [1.165, 1.54) is 5.56 Å². The molecule has 0 spiro atoms. The third-order valence-corrected chi connectivity index (χ3v) is 4.55. The molecule has 1 fully saturated rings. The van der Waals surface area contributed by atoms with Crippen molar-refractivity contribution in [2.45, 2.75) is 13.8 Å². The fraction of sp³-hybridized carbons (Fsp3) is 0.300. The van der Waals surface area contributed by atoms with Crippen molar-refractivity contribution >= 4 is 23.3 Å². The van der Waals surface area contributed by atoms with E-state index in [2.05, 4.69) is 54.1 Å². The molecule has 1 aliphatic rings. The lowest BCUT2D eigenvalue weighted by Crippen LogP contribution is -2.47. The summed E-state index contributed by atoms with van der Waals surface area (Å²) >= 11 is 0. The predicted octanol–water partition coefficient (Wildman–Crippen LogP) is 2.95. The number of anilines is 4. The summed E-state index contributed by atoms with van der Waals surface area (Å²) in [7, 11) is 0. The maximum atomic E-state index is 4.64. The van der Waals surface area contributed by atoms with Crippen molar-refractivity contribution in [3.63, 3.8) is 0 Å². The highest BCUT2D eigenvalue weighted by molar-refractivity contribution is 5.60. The van der Waals surface area contributed by atoms with Crippen LogP contribution in [0.2, 0.25) is 0 Å². The van der Waals surface area contributed by atoms with Crippen LogP contribution in [0, 0.1) is 13.8 Å². The molecule has 7 nitrogen and oxygen atoms in total. The normalized spacial score (nSPS) is 14.3. The van der Waals surface area contributed by atoms with Gasteiger partial charge < -0.3 is 15.1 Å². The van der Waals surface area contributed by atoms with Crippen molar-refractivity contribution in [3.05, 3.63) is 60.2 Å². The molecular formula is C20H23N7. The maximum Gasteiger partial charge on any atom is 0.225 e. The van der Waals surface area contributed by atoms with Crippen molar-refractivity contribution in [2.24, 2.45) is 0 Å². The molecule has 0 atom stereocenters. The van der Waals surface area contributed by atoms with E-state index < -0.39 is 0 Å². The van der Waals surface area contributed by atoms with E-state index in [1.54, 1.807) is 12.4 Å². The zero-order valence-corrected chi connectivity index (χ0v) is 15.6. The maximum absolute atomic E-state index is 4.64. The molecule has 1 aliphatic heterocycles. The molecule has 0 aliphatic carbocycles. The van der Waals surface area contributed by atoms with Crippen LogP contribution in [0.1, 0.15) is 11.4 Å². The third-order valence-electron chi connectivity index (χ3n) is 4.55. The lowest BCUT2D eigenvalue weighted by molar-refractivity contribution is 0.633. The second kappa shape index (κ2) is 7.57. The van der Waals surface area contributed by atoms with Crippen LogP contribution in [-0.4, -0.2) is 46.1 Å². The Kier molecular flexibility index (Phi) is 4.82. The smallest absolute Gasteiger partial charge is 0.225 e. The van der Waals surface area contributed by atoms with Gasteiger partial charge in [-0.05, 0) is 37.6 Å². The van der Waals surface area contributed by atoms with Gasteiger partial charge in [-0.15, -0.1) is 0 Å². The quantitative estimate of drug-likeness (QED) is 0.766. The standard InChI is InChI=1S/C20H23N7/c1-15-5-3-6-17(13-15)25-18-14-19(24-16(2)23-18)26-9-11-27(12-10-26)20-21-7-4-8-22-20/h3-8,13-14H,9-12H2,1-2H3,(H,23,24,25). The predicted molar refractivity (Wildman–Crippen MR) is 108 cm³/mol. The molecule has 138 valence electrons. The number of hydrogen-bond acceptors (Lipinski definition) is 7. The van der Waals surface area contributed by atoms with Crippen LogP contribution in [0.4, 0.5) is 23.3 Å². The average Bonchev–Trinajstić information content (AvgIpc) is 2.68. The number of rotatable bonds is 4. The lowest BCUT2D eigenvalue weighted by atomic mass is 10.2. The van der Waals surface area contributed by atoms with Gasteiger partial charge in [0.2, 0.25) is 5.95 Å². The Labute approximate surface area is 159 Å². The highest BCUT2D eigenvalue weighted by Crippen LogP contribution is 2.22. The monoisotopic (exact) mass is 361 g/mol. The molecule has 4 rings (SSSR count). The van der Waals surface area contributed by atoms with Crippen LogP contribution in [0.25, 0.3) is 0 Å². The van der Waals surface area contributed by atoms with Gasteiger partial charge in [0.25, 0.3) is 0 Å². The number of aromatic nitrogens is 4. The van der Waals surface area contributed by atoms with Gasteiger partial charge >= 0.3 is 0 Å². The van der Waals surface area contributed by atoms with Gasteiger partial charge in [0.1, 0.15) is 17.5 Å². The number of nitrogens with one attached hydrogen (secondary N) is 1. The molecule has 1 aromatic carbocycles. The molecule has 1 saturated heterocycles. The van der Waals surface area contributed by atoms with Crippen LogP contribution in [-0.2, 0) is 0 Å². The third kappa shape index (κ3) is 4.13. The summed E-state index contributed by atoms with van der Waals surface area (Å²) in [6.45, 7) is 7.50. The molecule has 0 amide bonds. The molecule has 0 unspecified atom stereocenters. The van der Waals surface area contributed by atoms with Crippen molar-refractivity contribution in [1.29, 1.82) is 0 Å². The first-order valence-corrected chi connectivity index (χ1v) is 9.14. The summed E-state index contributed by atoms with van der Waals surface area (Å²) in [5, 5.41) is 3.39. The minimum absolute atomic E-state index is 0.761. The van der Waals surface area contributed by atoms with Crippen molar-refractivity contribution < 1.29 is 0 Å². The van der Waals surface area contributed by atoms with Gasteiger partial charge in [0, 0.05) is 50.3 Å². The van der Waals surface area contributed by atoms with E-state index in [-0.39, 0.29) is 0 Å². The highest BCUT2D eigenvalue weighted by atomic mass is 15.3. The molecular weight excluding hydrogens is 338 g/mol. The summed E-state index contributed by atoms with van der Waals surface area (Å²) in [5.74, 6) is 3.32. The SMILES string of the molecule is Cc1cccc(Nc2cc(N3CCN(c4ncccn4)CC3)nc(C)n2)c1. The molecule has 3 heterocycles. The Hall–Kier alpha value is -3.22. The number of piperazine rings is 1. The number of benzene rings is 1. The Bertz CT molecular complexity index is 905. The summed E-state index contributed by atoms with van der Waals surface area (Å²) in [6.07, 6.45) is 3.57. The second-order valence-electron chi connectivity index (χ2n) is 6.68. The first-order valence-electron chi connectivity index (χ1n) is 9.14. The van der Waals surface area contributed by atoms with E-state index in [0.29, 0.717) is 0 Å². The largest absolute Gasteiger partial charge is 0.353 e. The van der Waals surface area contributed by atoms with Crippen molar-refractivity contribution in [2.75, 3.05) is 41.3 Å². The zero-order chi connectivity index (χ0) is 18.6. The van der Waals surface area contributed by atoms with Crippen LogP contribution >= 0.6 is 0 Å². The fourth-order valence-corrected chi connectivity index (χ4v) is 3.24.